The zero-order valence-electron chi connectivity index (χ0n) is 12.0. The van der Waals surface area contributed by atoms with Gasteiger partial charge in [0.05, 0.1) is 11.7 Å². The Morgan fingerprint density at radius 3 is 2.75 bits per heavy atom. The SMILES string of the molecule is CN1CCCN(C)C(c2nc(C3CC3)c(Br)c(=O)[nH]2)C1. The summed E-state index contributed by atoms with van der Waals surface area (Å²) in [5.74, 6) is 1.29. The van der Waals surface area contributed by atoms with E-state index in [1.54, 1.807) is 0 Å². The second kappa shape index (κ2) is 5.58. The summed E-state index contributed by atoms with van der Waals surface area (Å²) in [5, 5.41) is 0. The predicted molar refractivity (Wildman–Crippen MR) is 82.0 cm³/mol. The molecule has 1 atom stereocenters. The average molecular weight is 341 g/mol. The quantitative estimate of drug-likeness (QED) is 0.890. The number of aromatic amines is 1. The Morgan fingerprint density at radius 2 is 2.05 bits per heavy atom. The summed E-state index contributed by atoms with van der Waals surface area (Å²) in [5.41, 5.74) is 0.904. The molecule has 2 fully saturated rings. The molecule has 6 heteroatoms. The fourth-order valence-electron chi connectivity index (χ4n) is 2.85. The van der Waals surface area contributed by atoms with Crippen molar-refractivity contribution in [3.05, 3.63) is 26.3 Å². The molecule has 1 saturated carbocycles. The molecule has 1 aromatic heterocycles. The van der Waals surface area contributed by atoms with E-state index in [0.717, 1.165) is 50.4 Å². The zero-order chi connectivity index (χ0) is 14.3. The third-order valence-electron chi connectivity index (χ3n) is 4.25. The lowest BCUT2D eigenvalue weighted by molar-refractivity contribution is 0.219. The highest BCUT2D eigenvalue weighted by molar-refractivity contribution is 9.10. The van der Waals surface area contributed by atoms with Gasteiger partial charge in [0.2, 0.25) is 0 Å². The summed E-state index contributed by atoms with van der Waals surface area (Å²) < 4.78 is 0.619. The number of H-pyrrole nitrogens is 1. The topological polar surface area (TPSA) is 52.2 Å². The summed E-state index contributed by atoms with van der Waals surface area (Å²) in [6.07, 6.45) is 3.45. The molecule has 1 aromatic rings. The number of likely N-dealkylation sites (N-methyl/N-ethyl adjacent to an activating group) is 2. The van der Waals surface area contributed by atoms with Crippen molar-refractivity contribution in [3.8, 4) is 0 Å². The highest BCUT2D eigenvalue weighted by atomic mass is 79.9. The predicted octanol–water partition coefficient (Wildman–Crippen LogP) is 1.72. The average Bonchev–Trinajstić information content (AvgIpc) is 3.23. The molecule has 1 aliphatic carbocycles. The van der Waals surface area contributed by atoms with Gasteiger partial charge >= 0.3 is 0 Å². The molecule has 0 aromatic carbocycles. The van der Waals surface area contributed by atoms with Gasteiger partial charge in [0, 0.05) is 12.5 Å². The van der Waals surface area contributed by atoms with Gasteiger partial charge in [-0.1, -0.05) is 0 Å². The number of nitrogens with zero attached hydrogens (tertiary/aromatic N) is 3. The lowest BCUT2D eigenvalue weighted by atomic mass is 10.2. The Kier molecular flexibility index (Phi) is 3.97. The smallest absolute Gasteiger partial charge is 0.265 e. The second-order valence-corrected chi connectivity index (χ2v) is 6.83. The maximum atomic E-state index is 12.1. The van der Waals surface area contributed by atoms with Crippen LogP contribution in [0.15, 0.2) is 9.27 Å². The molecule has 0 bridgehead atoms. The van der Waals surface area contributed by atoms with E-state index in [-0.39, 0.29) is 11.6 Å². The van der Waals surface area contributed by atoms with Gasteiger partial charge < -0.3 is 9.88 Å². The van der Waals surface area contributed by atoms with Crippen LogP contribution in [0.1, 0.15) is 42.7 Å². The third kappa shape index (κ3) is 2.82. The van der Waals surface area contributed by atoms with Crippen molar-refractivity contribution in [1.29, 1.82) is 0 Å². The highest BCUT2D eigenvalue weighted by Gasteiger charge is 2.31. The summed E-state index contributed by atoms with van der Waals surface area (Å²) >= 11 is 3.39. The minimum absolute atomic E-state index is 0.0443. The number of nitrogens with one attached hydrogen (secondary N) is 1. The normalized spacial score (nSPS) is 25.6. The minimum Gasteiger partial charge on any atom is -0.308 e. The molecule has 0 spiro atoms. The Balaban J connectivity index is 1.97. The second-order valence-electron chi connectivity index (χ2n) is 6.04. The first-order valence-electron chi connectivity index (χ1n) is 7.24. The zero-order valence-corrected chi connectivity index (χ0v) is 13.6. The molecular weight excluding hydrogens is 320 g/mol. The van der Waals surface area contributed by atoms with Crippen LogP contribution in [0, 0.1) is 0 Å². The molecule has 5 nitrogen and oxygen atoms in total. The molecule has 2 aliphatic rings. The van der Waals surface area contributed by atoms with Crippen molar-refractivity contribution in [3.63, 3.8) is 0 Å². The van der Waals surface area contributed by atoms with Gasteiger partial charge in [0.25, 0.3) is 5.56 Å². The van der Waals surface area contributed by atoms with Crippen molar-refractivity contribution in [1.82, 2.24) is 19.8 Å². The Hall–Kier alpha value is -0.720. The molecule has 20 heavy (non-hydrogen) atoms. The van der Waals surface area contributed by atoms with Crippen molar-refractivity contribution >= 4 is 15.9 Å². The van der Waals surface area contributed by atoms with Crippen molar-refractivity contribution in [2.75, 3.05) is 33.7 Å². The first kappa shape index (κ1) is 14.2. The standard InChI is InChI=1S/C14H21BrN4O/c1-18-6-3-7-19(2)10(8-18)13-16-12(9-4-5-9)11(15)14(20)17-13/h9-10H,3-8H2,1-2H3,(H,16,17,20). The van der Waals surface area contributed by atoms with Crippen molar-refractivity contribution in [2.24, 2.45) is 0 Å². The minimum atomic E-state index is -0.0443. The van der Waals surface area contributed by atoms with Crippen LogP contribution in [0.3, 0.4) is 0 Å². The first-order chi connectivity index (χ1) is 9.56. The van der Waals surface area contributed by atoms with E-state index in [1.807, 2.05) is 0 Å². The highest BCUT2D eigenvalue weighted by Crippen LogP contribution is 2.41. The number of hydrogen-bond donors (Lipinski definition) is 1. The molecule has 1 saturated heterocycles. The van der Waals surface area contributed by atoms with Crippen LogP contribution in [0.4, 0.5) is 0 Å². The summed E-state index contributed by atoms with van der Waals surface area (Å²) in [6.45, 7) is 3.04. The lowest BCUT2D eigenvalue weighted by Gasteiger charge is -2.26. The number of aromatic nitrogens is 2. The van der Waals surface area contributed by atoms with Gasteiger partial charge in [-0.3, -0.25) is 9.69 Å². The van der Waals surface area contributed by atoms with Gasteiger partial charge in [-0.15, -0.1) is 0 Å². The van der Waals surface area contributed by atoms with Crippen molar-refractivity contribution < 1.29 is 0 Å². The fourth-order valence-corrected chi connectivity index (χ4v) is 3.36. The Labute approximate surface area is 127 Å². The largest absolute Gasteiger partial charge is 0.308 e. The summed E-state index contributed by atoms with van der Waals surface area (Å²) in [6, 6.07) is 0.167. The first-order valence-corrected chi connectivity index (χ1v) is 8.04. The lowest BCUT2D eigenvalue weighted by Crippen LogP contribution is -2.33. The Morgan fingerprint density at radius 1 is 1.30 bits per heavy atom. The molecule has 1 N–H and O–H groups in total. The van der Waals surface area contributed by atoms with Crippen LogP contribution in [0.5, 0.6) is 0 Å². The van der Waals surface area contributed by atoms with Gasteiger partial charge in [0.15, 0.2) is 0 Å². The van der Waals surface area contributed by atoms with E-state index in [0.29, 0.717) is 10.4 Å². The van der Waals surface area contributed by atoms with Gasteiger partial charge in [-0.05, 0) is 62.4 Å². The molecule has 1 unspecified atom stereocenters. The van der Waals surface area contributed by atoms with Gasteiger partial charge in [-0.2, -0.15) is 0 Å². The van der Waals surface area contributed by atoms with Gasteiger partial charge in [-0.25, -0.2) is 4.98 Å². The van der Waals surface area contributed by atoms with E-state index in [4.69, 9.17) is 4.98 Å². The van der Waals surface area contributed by atoms with E-state index in [2.05, 4.69) is 44.8 Å². The van der Waals surface area contributed by atoms with E-state index in [1.165, 1.54) is 0 Å². The summed E-state index contributed by atoms with van der Waals surface area (Å²) in [7, 11) is 4.24. The molecule has 0 radical (unpaired) electrons. The molecular formula is C14H21BrN4O. The van der Waals surface area contributed by atoms with E-state index < -0.39 is 0 Å². The van der Waals surface area contributed by atoms with E-state index >= 15 is 0 Å². The number of halogens is 1. The van der Waals surface area contributed by atoms with Crippen LogP contribution in [-0.4, -0.2) is 53.5 Å². The van der Waals surface area contributed by atoms with E-state index in [9.17, 15) is 4.79 Å². The van der Waals surface area contributed by atoms with Crippen LogP contribution in [-0.2, 0) is 0 Å². The molecule has 110 valence electrons. The molecule has 2 heterocycles. The molecule has 3 rings (SSSR count). The maximum Gasteiger partial charge on any atom is 0.265 e. The molecule has 0 amide bonds. The Bertz CT molecular complexity index is 555. The fraction of sp³-hybridized carbons (Fsp3) is 0.714. The van der Waals surface area contributed by atoms with Crippen LogP contribution >= 0.6 is 15.9 Å². The third-order valence-corrected chi connectivity index (χ3v) is 5.02. The van der Waals surface area contributed by atoms with Crippen LogP contribution in [0.25, 0.3) is 0 Å². The van der Waals surface area contributed by atoms with Crippen LogP contribution in [0.2, 0.25) is 0 Å². The summed E-state index contributed by atoms with van der Waals surface area (Å²) in [4.78, 5) is 24.5. The maximum absolute atomic E-state index is 12.1. The monoisotopic (exact) mass is 340 g/mol. The van der Waals surface area contributed by atoms with Gasteiger partial charge in [0.1, 0.15) is 10.3 Å². The number of hydrogen-bond acceptors (Lipinski definition) is 4. The number of rotatable bonds is 2. The van der Waals surface area contributed by atoms with Crippen molar-refractivity contribution in [2.45, 2.75) is 31.2 Å². The molecule has 1 aliphatic heterocycles. The van der Waals surface area contributed by atoms with Crippen LogP contribution < -0.4 is 5.56 Å².